The summed E-state index contributed by atoms with van der Waals surface area (Å²) in [6.45, 7) is 5.16. The Morgan fingerprint density at radius 1 is 1.26 bits per heavy atom. The fourth-order valence-electron chi connectivity index (χ4n) is 4.70. The van der Waals surface area contributed by atoms with Crippen molar-refractivity contribution in [3.05, 3.63) is 0 Å². The molecule has 1 atom stereocenters. The highest BCUT2D eigenvalue weighted by Gasteiger charge is 2.46. The third-order valence-electron chi connectivity index (χ3n) is 6.15. The van der Waals surface area contributed by atoms with Gasteiger partial charge in [0, 0.05) is 44.6 Å². The Morgan fingerprint density at radius 2 is 2.04 bits per heavy atom. The van der Waals surface area contributed by atoms with E-state index in [2.05, 4.69) is 16.7 Å². The van der Waals surface area contributed by atoms with Crippen molar-refractivity contribution < 1.29 is 14.3 Å². The zero-order valence-corrected chi connectivity index (χ0v) is 14.6. The van der Waals surface area contributed by atoms with Crippen molar-refractivity contribution >= 4 is 11.8 Å². The lowest BCUT2D eigenvalue weighted by molar-refractivity contribution is -0.139. The summed E-state index contributed by atoms with van der Waals surface area (Å²) in [4.78, 5) is 29.0. The quantitative estimate of drug-likeness (QED) is 0.796. The number of methoxy groups -OCH3 is 1. The topological polar surface area (TPSA) is 49.9 Å². The molecule has 1 saturated carbocycles. The third kappa shape index (κ3) is 3.25. The van der Waals surface area contributed by atoms with Gasteiger partial charge in [-0.15, -0.1) is 0 Å². The van der Waals surface area contributed by atoms with Crippen LogP contribution in [0.15, 0.2) is 0 Å². The second-order valence-corrected chi connectivity index (χ2v) is 7.71. The molecular weight excluding hydrogens is 292 g/mol. The number of likely N-dealkylation sites (tertiary alicyclic amines) is 2. The molecule has 2 amide bonds. The van der Waals surface area contributed by atoms with Gasteiger partial charge in [-0.2, -0.15) is 0 Å². The van der Waals surface area contributed by atoms with Crippen LogP contribution in [0.5, 0.6) is 0 Å². The monoisotopic (exact) mass is 322 g/mol. The minimum absolute atomic E-state index is 0.0302. The van der Waals surface area contributed by atoms with E-state index in [0.29, 0.717) is 31.4 Å². The Morgan fingerprint density at radius 3 is 2.74 bits per heavy atom. The Hall–Kier alpha value is -1.10. The van der Waals surface area contributed by atoms with E-state index in [1.54, 1.807) is 7.11 Å². The van der Waals surface area contributed by atoms with Gasteiger partial charge in [0.2, 0.25) is 11.8 Å². The van der Waals surface area contributed by atoms with Gasteiger partial charge >= 0.3 is 0 Å². The van der Waals surface area contributed by atoms with Crippen molar-refractivity contribution in [3.8, 4) is 0 Å². The van der Waals surface area contributed by atoms with Gasteiger partial charge in [-0.25, -0.2) is 0 Å². The van der Waals surface area contributed by atoms with Gasteiger partial charge in [-0.1, -0.05) is 6.92 Å². The average molecular weight is 322 g/mol. The Kier molecular flexibility index (Phi) is 4.95. The number of carbonyl (C=O) groups excluding carboxylic acids is 2. The standard InChI is InChI=1S/C18H30N2O3/c1-14-12-15(13-14)17(22)19-8-3-5-18(7-9-19)6-4-16(21)20(18)10-11-23-2/h14-15H,3-13H2,1-2H3. The lowest BCUT2D eigenvalue weighted by Crippen LogP contribution is -2.48. The second kappa shape index (κ2) is 6.80. The number of hydrogen-bond acceptors (Lipinski definition) is 3. The molecule has 130 valence electrons. The molecule has 0 N–H and O–H groups in total. The van der Waals surface area contributed by atoms with Gasteiger partial charge in [0.1, 0.15) is 0 Å². The number of nitrogens with zero attached hydrogens (tertiary/aromatic N) is 2. The Labute approximate surface area is 139 Å². The smallest absolute Gasteiger partial charge is 0.225 e. The molecule has 0 bridgehead atoms. The summed E-state index contributed by atoms with van der Waals surface area (Å²) in [5.74, 6) is 1.58. The summed E-state index contributed by atoms with van der Waals surface area (Å²) < 4.78 is 5.18. The van der Waals surface area contributed by atoms with Crippen LogP contribution in [-0.2, 0) is 14.3 Å². The van der Waals surface area contributed by atoms with Crippen molar-refractivity contribution in [2.45, 2.75) is 57.4 Å². The lowest BCUT2D eigenvalue weighted by Gasteiger charge is -2.38. The highest BCUT2D eigenvalue weighted by atomic mass is 16.5. The lowest BCUT2D eigenvalue weighted by atomic mass is 9.75. The highest BCUT2D eigenvalue weighted by molar-refractivity contribution is 5.81. The number of carbonyl (C=O) groups is 2. The van der Waals surface area contributed by atoms with E-state index in [0.717, 1.165) is 51.6 Å². The molecule has 3 rings (SSSR count). The molecule has 0 aromatic heterocycles. The molecule has 0 aromatic carbocycles. The molecule has 2 saturated heterocycles. The minimum atomic E-state index is -0.0302. The summed E-state index contributed by atoms with van der Waals surface area (Å²) >= 11 is 0. The zero-order valence-electron chi connectivity index (χ0n) is 14.6. The van der Waals surface area contributed by atoms with Crippen LogP contribution in [0.3, 0.4) is 0 Å². The van der Waals surface area contributed by atoms with Crippen LogP contribution >= 0.6 is 0 Å². The van der Waals surface area contributed by atoms with E-state index < -0.39 is 0 Å². The van der Waals surface area contributed by atoms with Crippen LogP contribution < -0.4 is 0 Å². The van der Waals surface area contributed by atoms with E-state index in [9.17, 15) is 9.59 Å². The molecule has 0 aromatic rings. The summed E-state index contributed by atoms with van der Waals surface area (Å²) in [5, 5.41) is 0. The van der Waals surface area contributed by atoms with Crippen molar-refractivity contribution in [2.75, 3.05) is 33.4 Å². The fourth-order valence-corrected chi connectivity index (χ4v) is 4.70. The van der Waals surface area contributed by atoms with Crippen molar-refractivity contribution in [3.63, 3.8) is 0 Å². The van der Waals surface area contributed by atoms with Crippen molar-refractivity contribution in [1.29, 1.82) is 0 Å². The molecule has 0 radical (unpaired) electrons. The number of rotatable bonds is 4. The summed E-state index contributed by atoms with van der Waals surface area (Å²) in [6, 6.07) is 0. The molecule has 2 heterocycles. The van der Waals surface area contributed by atoms with Crippen LogP contribution in [0.1, 0.15) is 51.9 Å². The molecule has 5 nitrogen and oxygen atoms in total. The van der Waals surface area contributed by atoms with Crippen LogP contribution in [0.4, 0.5) is 0 Å². The van der Waals surface area contributed by atoms with E-state index in [1.165, 1.54) is 0 Å². The maximum Gasteiger partial charge on any atom is 0.225 e. The maximum atomic E-state index is 12.6. The largest absolute Gasteiger partial charge is 0.383 e. The molecular formula is C18H30N2O3. The van der Waals surface area contributed by atoms with Gasteiger partial charge < -0.3 is 14.5 Å². The first-order chi connectivity index (χ1) is 11.1. The van der Waals surface area contributed by atoms with Gasteiger partial charge in [-0.3, -0.25) is 9.59 Å². The predicted molar refractivity (Wildman–Crippen MR) is 87.9 cm³/mol. The number of hydrogen-bond donors (Lipinski definition) is 0. The van der Waals surface area contributed by atoms with E-state index in [-0.39, 0.29) is 17.4 Å². The van der Waals surface area contributed by atoms with Gasteiger partial charge in [0.15, 0.2) is 0 Å². The Bertz CT molecular complexity index is 461. The second-order valence-electron chi connectivity index (χ2n) is 7.71. The first kappa shape index (κ1) is 16.7. The van der Waals surface area contributed by atoms with Gasteiger partial charge in [0.05, 0.1) is 6.61 Å². The van der Waals surface area contributed by atoms with Crippen LogP contribution in [0, 0.1) is 11.8 Å². The SMILES string of the molecule is COCCN1C(=O)CCC12CCCN(C(=O)C1CC(C)C1)CC2. The van der Waals surface area contributed by atoms with Crippen LogP contribution in [0.25, 0.3) is 0 Å². The molecule has 3 aliphatic rings. The molecule has 5 heteroatoms. The van der Waals surface area contributed by atoms with Crippen molar-refractivity contribution in [1.82, 2.24) is 9.80 Å². The molecule has 1 aliphatic carbocycles. The maximum absolute atomic E-state index is 12.6. The number of amides is 2. The van der Waals surface area contributed by atoms with Crippen LogP contribution in [0.2, 0.25) is 0 Å². The van der Waals surface area contributed by atoms with Crippen LogP contribution in [-0.4, -0.2) is 60.5 Å². The average Bonchev–Trinajstić information content (AvgIpc) is 2.69. The first-order valence-electron chi connectivity index (χ1n) is 9.14. The van der Waals surface area contributed by atoms with Crippen molar-refractivity contribution in [2.24, 2.45) is 11.8 Å². The van der Waals surface area contributed by atoms with E-state index >= 15 is 0 Å². The fraction of sp³-hybridized carbons (Fsp3) is 0.889. The van der Waals surface area contributed by atoms with E-state index in [1.807, 2.05) is 0 Å². The van der Waals surface area contributed by atoms with Gasteiger partial charge in [0.25, 0.3) is 0 Å². The molecule has 1 spiro atoms. The third-order valence-corrected chi connectivity index (χ3v) is 6.15. The Balaban J connectivity index is 1.63. The molecule has 23 heavy (non-hydrogen) atoms. The highest BCUT2D eigenvalue weighted by Crippen LogP contribution is 2.40. The minimum Gasteiger partial charge on any atom is -0.383 e. The predicted octanol–water partition coefficient (Wildman–Crippen LogP) is 2.05. The summed E-state index contributed by atoms with van der Waals surface area (Å²) in [6.07, 6.45) is 6.66. The van der Waals surface area contributed by atoms with E-state index in [4.69, 9.17) is 4.74 Å². The molecule has 2 aliphatic heterocycles. The normalized spacial score (nSPS) is 34.6. The summed E-state index contributed by atoms with van der Waals surface area (Å²) in [7, 11) is 1.68. The summed E-state index contributed by atoms with van der Waals surface area (Å²) in [5.41, 5.74) is -0.0302. The molecule has 1 unspecified atom stereocenters. The van der Waals surface area contributed by atoms with Gasteiger partial charge in [-0.05, 0) is 44.4 Å². The first-order valence-corrected chi connectivity index (χ1v) is 9.14. The zero-order chi connectivity index (χ0) is 16.4. The number of ether oxygens (including phenoxy) is 1. The molecule has 3 fully saturated rings.